The largest absolute Gasteiger partial charge is 0.506 e. The van der Waals surface area contributed by atoms with Crippen LogP contribution in [0, 0.1) is 0 Å². The summed E-state index contributed by atoms with van der Waals surface area (Å²) in [4.78, 5) is 26.4. The maximum Gasteiger partial charge on any atom is 0.328 e. The smallest absolute Gasteiger partial charge is 0.328 e. The molecule has 3 aliphatic heterocycles. The summed E-state index contributed by atoms with van der Waals surface area (Å²) in [6.45, 7) is 3.39. The quantitative estimate of drug-likeness (QED) is 0.576. The highest BCUT2D eigenvalue weighted by Crippen LogP contribution is 2.35. The summed E-state index contributed by atoms with van der Waals surface area (Å²) in [5.41, 5.74) is 13.5. The number of anilines is 1. The van der Waals surface area contributed by atoms with Crippen LogP contribution in [0.4, 0.5) is 11.4 Å². The molecule has 2 unspecified atom stereocenters. The van der Waals surface area contributed by atoms with Crippen LogP contribution in [0.5, 0.6) is 0 Å². The highest BCUT2D eigenvalue weighted by molar-refractivity contribution is 5.98. The van der Waals surface area contributed by atoms with Gasteiger partial charge in [0.1, 0.15) is 0 Å². The van der Waals surface area contributed by atoms with Crippen molar-refractivity contribution in [1.29, 1.82) is 0 Å². The number of carbonyl (C=O) groups is 2. The second-order valence-electron chi connectivity index (χ2n) is 7.33. The highest BCUT2D eigenvalue weighted by Gasteiger charge is 2.48. The van der Waals surface area contributed by atoms with Gasteiger partial charge in [0.25, 0.3) is 0 Å². The van der Waals surface area contributed by atoms with Gasteiger partial charge >= 0.3 is 11.9 Å². The standard InChI is InChI=1S/C17H22N4O.C4H4O4/c18-21-15-7-3-4-8-16(21)17(15)19-13-5-1-2-6-14(13)20-9-11-22-12-10-20;5-3(6)1-2-4(7)8/h1-2,5-6,15-16H,3-4,7-12H2;1-2H,(H,5,6)(H,7,8)/b;2-1+. The van der Waals surface area contributed by atoms with E-state index in [-0.39, 0.29) is 12.1 Å². The van der Waals surface area contributed by atoms with Crippen molar-refractivity contribution in [2.24, 2.45) is 4.99 Å². The Morgan fingerprint density at radius 1 is 1.07 bits per heavy atom. The summed E-state index contributed by atoms with van der Waals surface area (Å²) in [6, 6.07) is 8.60. The van der Waals surface area contributed by atoms with E-state index in [0.717, 1.165) is 44.8 Å². The number of carboxylic acids is 2. The summed E-state index contributed by atoms with van der Waals surface area (Å²) < 4.78 is 6.97. The molecule has 0 aliphatic carbocycles. The fourth-order valence-electron chi connectivity index (χ4n) is 3.92. The van der Waals surface area contributed by atoms with E-state index >= 15 is 0 Å². The number of aliphatic imine (C=N–C) groups is 1. The van der Waals surface area contributed by atoms with Gasteiger partial charge in [-0.3, -0.25) is 0 Å². The average Bonchev–Trinajstić information content (AvgIpc) is 3.08. The number of hydrogen-bond acceptors (Lipinski definition) is 5. The van der Waals surface area contributed by atoms with E-state index in [1.165, 1.54) is 28.9 Å². The number of benzene rings is 1. The molecule has 30 heavy (non-hydrogen) atoms. The predicted octanol–water partition coefficient (Wildman–Crippen LogP) is 2.67. The van der Waals surface area contributed by atoms with Gasteiger partial charge in [-0.2, -0.15) is 0 Å². The Hall–Kier alpha value is -3.07. The number of morpholine rings is 1. The predicted molar refractivity (Wildman–Crippen MR) is 111 cm³/mol. The fourth-order valence-corrected chi connectivity index (χ4v) is 3.92. The molecule has 0 saturated carbocycles. The van der Waals surface area contributed by atoms with Crippen molar-refractivity contribution in [3.05, 3.63) is 41.9 Å². The lowest BCUT2D eigenvalue weighted by Gasteiger charge is -2.36. The van der Waals surface area contributed by atoms with Crippen LogP contribution in [-0.2, 0) is 14.3 Å². The molecular weight excluding hydrogens is 388 g/mol. The number of nitrogens with zero attached hydrogens (tertiary/aromatic N) is 4. The van der Waals surface area contributed by atoms with Gasteiger partial charge in [-0.1, -0.05) is 12.1 Å². The van der Waals surface area contributed by atoms with Gasteiger partial charge in [0.2, 0.25) is 0 Å². The molecule has 160 valence electrons. The van der Waals surface area contributed by atoms with Crippen LogP contribution in [0.2, 0.25) is 0 Å². The first-order valence-corrected chi connectivity index (χ1v) is 10.1. The van der Waals surface area contributed by atoms with Gasteiger partial charge in [-0.25, -0.2) is 14.6 Å². The fraction of sp³-hybridized carbons (Fsp3) is 0.476. The van der Waals surface area contributed by atoms with Gasteiger partial charge in [0, 0.05) is 38.1 Å². The minimum atomic E-state index is -1.26. The molecule has 3 heterocycles. The Kier molecular flexibility index (Phi) is 7.29. The molecule has 3 fully saturated rings. The average molecular weight is 414 g/mol. The topological polar surface area (TPSA) is 125 Å². The Bertz CT molecular complexity index is 827. The Morgan fingerprint density at radius 3 is 2.20 bits per heavy atom. The number of aliphatic carboxylic acids is 2. The molecule has 0 spiro atoms. The zero-order chi connectivity index (χ0) is 21.5. The zero-order valence-electron chi connectivity index (χ0n) is 16.7. The summed E-state index contributed by atoms with van der Waals surface area (Å²) in [6.07, 6.45) is 5.52. The van der Waals surface area contributed by atoms with E-state index < -0.39 is 11.9 Å². The van der Waals surface area contributed by atoms with E-state index in [1.54, 1.807) is 0 Å². The second-order valence-corrected chi connectivity index (χ2v) is 7.33. The van der Waals surface area contributed by atoms with Crippen LogP contribution in [-0.4, -0.2) is 70.9 Å². The van der Waals surface area contributed by atoms with Crippen LogP contribution in [0.15, 0.2) is 41.4 Å². The van der Waals surface area contributed by atoms with E-state index in [9.17, 15) is 15.1 Å². The number of hydrogen-bond donors (Lipinski definition) is 2. The molecule has 2 N–H and O–H groups in total. The molecule has 1 aromatic rings. The Morgan fingerprint density at radius 2 is 1.63 bits per heavy atom. The first-order valence-electron chi connectivity index (χ1n) is 10.1. The molecule has 1 aromatic carbocycles. The number of ether oxygens (including phenoxy) is 1. The third-order valence-corrected chi connectivity index (χ3v) is 5.38. The zero-order valence-corrected chi connectivity index (χ0v) is 16.7. The van der Waals surface area contributed by atoms with Crippen molar-refractivity contribution < 1.29 is 29.2 Å². The van der Waals surface area contributed by atoms with Gasteiger partial charge < -0.3 is 30.1 Å². The minimum Gasteiger partial charge on any atom is -0.506 e. The molecular formula is C21H26N4O5. The number of para-hydroxylation sites is 2. The van der Waals surface area contributed by atoms with Crippen LogP contribution in [0.3, 0.4) is 0 Å². The van der Waals surface area contributed by atoms with Crippen LogP contribution >= 0.6 is 0 Å². The molecule has 9 heteroatoms. The molecule has 3 aliphatic rings. The van der Waals surface area contributed by atoms with E-state index in [2.05, 4.69) is 23.1 Å². The highest BCUT2D eigenvalue weighted by atomic mass is 16.5. The molecule has 0 aromatic heterocycles. The summed E-state index contributed by atoms with van der Waals surface area (Å²) in [5.74, 6) is -2.51. The lowest BCUT2D eigenvalue weighted by molar-refractivity contribution is -0.622. The van der Waals surface area contributed by atoms with Crippen molar-refractivity contribution in [1.82, 2.24) is 0 Å². The first kappa shape index (κ1) is 21.6. The number of carboxylic acid groups (broad SMARTS) is 2. The summed E-state index contributed by atoms with van der Waals surface area (Å²) in [7, 11) is 0. The SMILES string of the molecule is O=C(O)/C=C/C(=O)O.[N-]=[N+]1C2CCCCC1C2=Nc1ccccc1N1CCOCC1. The van der Waals surface area contributed by atoms with Gasteiger partial charge in [0.15, 0.2) is 17.8 Å². The molecule has 2 atom stereocenters. The third-order valence-electron chi connectivity index (χ3n) is 5.38. The Balaban J connectivity index is 0.000000275. The van der Waals surface area contributed by atoms with E-state index in [0.29, 0.717) is 12.2 Å². The molecule has 2 bridgehead atoms. The van der Waals surface area contributed by atoms with Gasteiger partial charge in [0.05, 0.1) is 24.6 Å². The maximum atomic E-state index is 10.1. The summed E-state index contributed by atoms with van der Waals surface area (Å²) in [5, 5.41) is 15.6. The lowest BCUT2D eigenvalue weighted by atomic mass is 9.92. The number of fused-ring (bicyclic) bond motifs is 2. The van der Waals surface area contributed by atoms with Gasteiger partial charge in [-0.05, 0) is 25.0 Å². The van der Waals surface area contributed by atoms with Crippen LogP contribution in [0.25, 0.3) is 5.53 Å². The van der Waals surface area contributed by atoms with Crippen molar-refractivity contribution in [3.63, 3.8) is 0 Å². The lowest BCUT2D eigenvalue weighted by Crippen LogP contribution is -2.56. The van der Waals surface area contributed by atoms with Crippen molar-refractivity contribution in [3.8, 4) is 0 Å². The molecule has 0 radical (unpaired) electrons. The second kappa shape index (κ2) is 10.1. The van der Waals surface area contributed by atoms with E-state index in [4.69, 9.17) is 19.9 Å². The normalized spacial score (nSPS) is 23.1. The molecule has 4 rings (SSSR count). The minimum absolute atomic E-state index is 0.130. The van der Waals surface area contributed by atoms with Gasteiger partial charge in [-0.15, -0.1) is 0 Å². The maximum absolute atomic E-state index is 10.1. The number of rotatable bonds is 4. The van der Waals surface area contributed by atoms with Crippen LogP contribution < -0.4 is 4.90 Å². The van der Waals surface area contributed by atoms with Crippen molar-refractivity contribution in [2.75, 3.05) is 31.2 Å². The third kappa shape index (κ3) is 5.29. The summed E-state index contributed by atoms with van der Waals surface area (Å²) >= 11 is 0. The van der Waals surface area contributed by atoms with Crippen LogP contribution in [0.1, 0.15) is 25.7 Å². The van der Waals surface area contributed by atoms with E-state index in [1.807, 2.05) is 6.07 Å². The first-order chi connectivity index (χ1) is 14.5. The molecule has 0 amide bonds. The van der Waals surface area contributed by atoms with Crippen molar-refractivity contribution >= 4 is 29.0 Å². The molecule has 9 nitrogen and oxygen atoms in total. The monoisotopic (exact) mass is 414 g/mol. The Labute approximate surface area is 174 Å². The molecule has 3 saturated heterocycles. The van der Waals surface area contributed by atoms with Crippen molar-refractivity contribution in [2.45, 2.75) is 37.8 Å².